The first kappa shape index (κ1) is 21.7. The normalized spacial score (nSPS) is 16.2. The van der Waals surface area contributed by atoms with Crippen molar-refractivity contribution < 1.29 is 14.3 Å². The number of ether oxygens (including phenoxy) is 1. The summed E-state index contributed by atoms with van der Waals surface area (Å²) < 4.78 is 5.39. The van der Waals surface area contributed by atoms with Gasteiger partial charge in [-0.05, 0) is 51.8 Å². The van der Waals surface area contributed by atoms with E-state index in [0.29, 0.717) is 30.8 Å². The Kier molecular flexibility index (Phi) is 8.12. The lowest BCUT2D eigenvalue weighted by Gasteiger charge is -2.37. The highest BCUT2D eigenvalue weighted by Crippen LogP contribution is 2.28. The van der Waals surface area contributed by atoms with E-state index in [4.69, 9.17) is 4.74 Å². The predicted octanol–water partition coefficient (Wildman–Crippen LogP) is 2.26. The van der Waals surface area contributed by atoms with E-state index in [1.807, 2.05) is 13.8 Å². The number of amides is 1. The molecule has 6 nitrogen and oxygen atoms in total. The van der Waals surface area contributed by atoms with E-state index >= 15 is 0 Å². The first-order valence-corrected chi connectivity index (χ1v) is 8.64. The Morgan fingerprint density at radius 1 is 1.28 bits per heavy atom. The summed E-state index contributed by atoms with van der Waals surface area (Å²) in [6.45, 7) is 8.44. The molecule has 0 aromatic carbocycles. The number of Topliss-reactive ketones (excluding diaryl/α,β-unsaturated/α-hetero) is 1. The summed E-state index contributed by atoms with van der Waals surface area (Å²) in [6.07, 6.45) is 2.60. The van der Waals surface area contributed by atoms with Crippen molar-refractivity contribution in [2.24, 2.45) is 5.41 Å². The van der Waals surface area contributed by atoms with Crippen molar-refractivity contribution in [3.63, 3.8) is 0 Å². The van der Waals surface area contributed by atoms with Gasteiger partial charge >= 0.3 is 0 Å². The van der Waals surface area contributed by atoms with Gasteiger partial charge in [0.25, 0.3) is 5.91 Å². The number of carbonyl (C=O) groups is 2. The van der Waals surface area contributed by atoms with Crippen LogP contribution in [-0.2, 0) is 11.2 Å². The minimum Gasteiger partial charge on any atom is -0.384 e. The quantitative estimate of drug-likeness (QED) is 0.642. The second kappa shape index (κ2) is 9.36. The molecule has 1 aromatic heterocycles. The van der Waals surface area contributed by atoms with Crippen LogP contribution >= 0.6 is 12.4 Å². The van der Waals surface area contributed by atoms with E-state index in [1.54, 1.807) is 14.0 Å². The summed E-state index contributed by atoms with van der Waals surface area (Å²) >= 11 is 0. The molecule has 1 amide bonds. The zero-order valence-electron chi connectivity index (χ0n) is 15.6. The molecule has 2 heterocycles. The van der Waals surface area contributed by atoms with Crippen molar-refractivity contribution in [2.45, 2.75) is 40.0 Å². The number of halogens is 1. The van der Waals surface area contributed by atoms with E-state index in [2.05, 4.69) is 15.6 Å². The smallest absolute Gasteiger partial charge is 0.268 e. The Hall–Kier alpha value is -1.37. The number of nitrogens with one attached hydrogen (secondary N) is 3. The van der Waals surface area contributed by atoms with Gasteiger partial charge in [-0.25, -0.2) is 0 Å². The van der Waals surface area contributed by atoms with Gasteiger partial charge < -0.3 is 20.4 Å². The fourth-order valence-corrected chi connectivity index (χ4v) is 3.69. The molecule has 0 bridgehead atoms. The Bertz CT molecular complexity index is 601. The summed E-state index contributed by atoms with van der Waals surface area (Å²) in [5.41, 5.74) is 2.71. The highest BCUT2D eigenvalue weighted by molar-refractivity contribution is 6.02. The summed E-state index contributed by atoms with van der Waals surface area (Å²) in [4.78, 5) is 27.6. The van der Waals surface area contributed by atoms with Gasteiger partial charge in [0.15, 0.2) is 5.78 Å². The first-order valence-electron chi connectivity index (χ1n) is 8.64. The van der Waals surface area contributed by atoms with Crippen LogP contribution in [0.15, 0.2) is 0 Å². The van der Waals surface area contributed by atoms with E-state index < -0.39 is 0 Å². The van der Waals surface area contributed by atoms with Crippen LogP contribution < -0.4 is 10.6 Å². The highest BCUT2D eigenvalue weighted by Gasteiger charge is 2.33. The summed E-state index contributed by atoms with van der Waals surface area (Å²) in [5.74, 6) is -0.148. The zero-order valence-corrected chi connectivity index (χ0v) is 16.4. The monoisotopic (exact) mass is 371 g/mol. The number of ketones is 1. The molecular weight excluding hydrogens is 342 g/mol. The lowest BCUT2D eigenvalue weighted by molar-refractivity contribution is 0.0510. The first-order chi connectivity index (χ1) is 11.4. The van der Waals surface area contributed by atoms with Crippen molar-refractivity contribution in [1.29, 1.82) is 0 Å². The van der Waals surface area contributed by atoms with Crippen LogP contribution in [0.3, 0.4) is 0 Å². The third-order valence-corrected chi connectivity index (χ3v) is 4.96. The Morgan fingerprint density at radius 2 is 1.92 bits per heavy atom. The van der Waals surface area contributed by atoms with Crippen molar-refractivity contribution in [3.05, 3.63) is 22.5 Å². The van der Waals surface area contributed by atoms with Gasteiger partial charge in [-0.15, -0.1) is 12.4 Å². The van der Waals surface area contributed by atoms with Gasteiger partial charge in [0.05, 0.1) is 6.61 Å². The predicted molar refractivity (Wildman–Crippen MR) is 101 cm³/mol. The maximum atomic E-state index is 12.7. The maximum absolute atomic E-state index is 12.7. The Balaban J connectivity index is 0.00000312. The highest BCUT2D eigenvalue weighted by atomic mass is 35.5. The third kappa shape index (κ3) is 4.84. The van der Waals surface area contributed by atoms with Gasteiger partial charge in [0, 0.05) is 30.3 Å². The van der Waals surface area contributed by atoms with Crippen molar-refractivity contribution in [3.8, 4) is 0 Å². The molecule has 1 fully saturated rings. The number of piperidine rings is 1. The fraction of sp³-hybridized carbons (Fsp3) is 0.667. The molecule has 0 atom stereocenters. The van der Waals surface area contributed by atoms with E-state index in [9.17, 15) is 9.59 Å². The van der Waals surface area contributed by atoms with Gasteiger partial charge in [-0.1, -0.05) is 6.92 Å². The third-order valence-electron chi connectivity index (χ3n) is 4.96. The molecule has 0 radical (unpaired) electrons. The number of hydrogen-bond acceptors (Lipinski definition) is 4. The van der Waals surface area contributed by atoms with E-state index in [-0.39, 0.29) is 29.5 Å². The summed E-state index contributed by atoms with van der Waals surface area (Å²) in [6, 6.07) is 0. The number of aromatic amines is 1. The lowest BCUT2D eigenvalue weighted by atomic mass is 9.79. The number of carbonyl (C=O) groups excluding carboxylic acids is 2. The average molecular weight is 372 g/mol. The minimum absolute atomic E-state index is 0. The molecule has 1 saturated heterocycles. The molecule has 7 heteroatoms. The molecule has 25 heavy (non-hydrogen) atoms. The number of rotatable bonds is 7. The second-order valence-corrected chi connectivity index (χ2v) is 6.75. The largest absolute Gasteiger partial charge is 0.384 e. The molecule has 3 N–H and O–H groups in total. The van der Waals surface area contributed by atoms with Crippen LogP contribution in [0.5, 0.6) is 0 Å². The van der Waals surface area contributed by atoms with Crippen molar-refractivity contribution >= 4 is 24.1 Å². The average Bonchev–Trinajstić information content (AvgIpc) is 2.90. The van der Waals surface area contributed by atoms with Crippen LogP contribution in [-0.4, -0.2) is 50.0 Å². The molecular formula is C18H30ClN3O3. The van der Waals surface area contributed by atoms with Gasteiger partial charge in [-0.3, -0.25) is 9.59 Å². The van der Waals surface area contributed by atoms with Gasteiger partial charge in [0.1, 0.15) is 5.69 Å². The van der Waals surface area contributed by atoms with Crippen LogP contribution in [0.1, 0.15) is 58.8 Å². The molecule has 0 spiro atoms. The van der Waals surface area contributed by atoms with Gasteiger partial charge in [0.2, 0.25) is 0 Å². The summed E-state index contributed by atoms with van der Waals surface area (Å²) in [5, 5.41) is 6.41. The van der Waals surface area contributed by atoms with Crippen molar-refractivity contribution in [1.82, 2.24) is 15.6 Å². The molecule has 1 aliphatic rings. The number of hydrogen-bond donors (Lipinski definition) is 3. The fourth-order valence-electron chi connectivity index (χ4n) is 3.69. The Morgan fingerprint density at radius 3 is 2.44 bits per heavy atom. The second-order valence-electron chi connectivity index (χ2n) is 6.75. The summed E-state index contributed by atoms with van der Waals surface area (Å²) in [7, 11) is 1.70. The van der Waals surface area contributed by atoms with Gasteiger partial charge in [-0.2, -0.15) is 0 Å². The van der Waals surface area contributed by atoms with E-state index in [0.717, 1.165) is 37.2 Å². The lowest BCUT2D eigenvalue weighted by Crippen LogP contribution is -2.47. The number of H-pyrrole nitrogens is 1. The molecule has 0 aliphatic carbocycles. The minimum atomic E-state index is -0.142. The van der Waals surface area contributed by atoms with E-state index in [1.165, 1.54) is 0 Å². The van der Waals surface area contributed by atoms with Crippen LogP contribution in [0.2, 0.25) is 0 Å². The number of methoxy groups -OCH3 is 1. The molecule has 2 rings (SSSR count). The van der Waals surface area contributed by atoms with Crippen LogP contribution in [0.4, 0.5) is 0 Å². The standard InChI is InChI=1S/C18H29N3O3.ClH/c1-5-14-15(13(3)22)12(2)21-16(14)17(23)20-10-18(11-24-4)6-8-19-9-7-18;/h19,21H,5-11H2,1-4H3,(H,20,23);1H. The SMILES string of the molecule is CCc1c(C(=O)NCC2(COC)CCNCC2)[nH]c(C)c1C(C)=O.Cl. The maximum Gasteiger partial charge on any atom is 0.268 e. The number of aromatic nitrogens is 1. The zero-order chi connectivity index (χ0) is 17.7. The molecule has 1 aliphatic heterocycles. The topological polar surface area (TPSA) is 83.2 Å². The molecule has 142 valence electrons. The Labute approximate surface area is 155 Å². The molecule has 0 saturated carbocycles. The van der Waals surface area contributed by atoms with Crippen molar-refractivity contribution in [2.75, 3.05) is 33.4 Å². The molecule has 1 aromatic rings. The van der Waals surface area contributed by atoms with Crippen LogP contribution in [0.25, 0.3) is 0 Å². The van der Waals surface area contributed by atoms with Crippen LogP contribution in [0, 0.1) is 12.3 Å². The molecule has 0 unspecified atom stereocenters. The number of aryl methyl sites for hydroxylation is 1.